The number of halogens is 1. The monoisotopic (exact) mass is 432 g/mol. The van der Waals surface area contributed by atoms with Gasteiger partial charge in [-0.15, -0.1) is 0 Å². The molecule has 0 amide bonds. The molecule has 27 heavy (non-hydrogen) atoms. The van der Waals surface area contributed by atoms with Gasteiger partial charge in [0.25, 0.3) is 0 Å². The lowest BCUT2D eigenvalue weighted by molar-refractivity contribution is -0.484. The summed E-state index contributed by atoms with van der Waals surface area (Å²) in [6.07, 6.45) is 0. The molecule has 0 saturated carbocycles. The Balaban J connectivity index is 2.11. The van der Waals surface area contributed by atoms with Gasteiger partial charge in [0.15, 0.2) is 0 Å². The molecule has 3 rings (SSSR count). The fourth-order valence-electron chi connectivity index (χ4n) is 3.13. The Kier molecular flexibility index (Phi) is 5.55. The smallest absolute Gasteiger partial charge is 0.338 e. The minimum atomic E-state index is -1.53. The van der Waals surface area contributed by atoms with Crippen molar-refractivity contribution in [3.63, 3.8) is 0 Å². The number of methoxy groups -OCH3 is 1. The second-order valence-electron chi connectivity index (χ2n) is 6.11. The van der Waals surface area contributed by atoms with E-state index in [4.69, 9.17) is 9.47 Å². The molecule has 140 valence electrons. The molecule has 0 aliphatic carbocycles. The third-order valence-corrected chi connectivity index (χ3v) is 5.00. The van der Waals surface area contributed by atoms with Gasteiger partial charge in [-0.3, -0.25) is 10.1 Å². The summed E-state index contributed by atoms with van der Waals surface area (Å²) in [5.74, 6) is -1.23. The molecule has 7 nitrogen and oxygen atoms in total. The number of carbonyl (C=O) groups is 1. The van der Waals surface area contributed by atoms with E-state index in [2.05, 4.69) is 20.9 Å². The SMILES string of the molecule is COC(=O)[C@@]1([C@H](C[N+](=O)[O-])c2ccc(Br)cc2)COC(c2ccccc2)=N1. The summed E-state index contributed by atoms with van der Waals surface area (Å²) in [7, 11) is 1.24. The van der Waals surface area contributed by atoms with Gasteiger partial charge in [-0.25, -0.2) is 9.79 Å². The molecule has 0 radical (unpaired) electrons. The van der Waals surface area contributed by atoms with Crippen LogP contribution in [0.5, 0.6) is 0 Å². The summed E-state index contributed by atoms with van der Waals surface area (Å²) in [6, 6.07) is 16.1. The van der Waals surface area contributed by atoms with E-state index in [1.807, 2.05) is 18.2 Å². The first-order valence-corrected chi connectivity index (χ1v) is 8.99. The van der Waals surface area contributed by atoms with Crippen LogP contribution in [-0.2, 0) is 14.3 Å². The van der Waals surface area contributed by atoms with Crippen LogP contribution in [0.15, 0.2) is 64.1 Å². The van der Waals surface area contributed by atoms with Crippen LogP contribution in [0, 0.1) is 10.1 Å². The molecule has 0 unspecified atom stereocenters. The normalized spacial score (nSPS) is 19.7. The molecule has 0 N–H and O–H groups in total. The van der Waals surface area contributed by atoms with Crippen molar-refractivity contribution in [2.45, 2.75) is 11.5 Å². The summed E-state index contributed by atoms with van der Waals surface area (Å²) in [4.78, 5) is 28.2. The highest BCUT2D eigenvalue weighted by molar-refractivity contribution is 9.10. The van der Waals surface area contributed by atoms with Crippen LogP contribution < -0.4 is 0 Å². The Bertz CT molecular complexity index is 869. The zero-order valence-corrected chi connectivity index (χ0v) is 16.1. The van der Waals surface area contributed by atoms with E-state index in [1.54, 1.807) is 36.4 Å². The maximum absolute atomic E-state index is 12.7. The molecule has 0 saturated heterocycles. The summed E-state index contributed by atoms with van der Waals surface area (Å²) in [6.45, 7) is -0.607. The Morgan fingerprint density at radius 2 is 1.96 bits per heavy atom. The molecule has 0 aromatic heterocycles. The van der Waals surface area contributed by atoms with Crippen molar-refractivity contribution in [3.05, 3.63) is 80.3 Å². The lowest BCUT2D eigenvalue weighted by Crippen LogP contribution is -2.47. The lowest BCUT2D eigenvalue weighted by Gasteiger charge is -2.28. The average molecular weight is 433 g/mol. The van der Waals surface area contributed by atoms with Crippen LogP contribution in [0.1, 0.15) is 17.0 Å². The van der Waals surface area contributed by atoms with Gasteiger partial charge >= 0.3 is 5.97 Å². The summed E-state index contributed by atoms with van der Waals surface area (Å²) < 4.78 is 11.5. The summed E-state index contributed by atoms with van der Waals surface area (Å²) in [5, 5.41) is 11.4. The van der Waals surface area contributed by atoms with Crippen LogP contribution in [0.4, 0.5) is 0 Å². The quantitative estimate of drug-likeness (QED) is 0.397. The number of nitrogens with zero attached hydrogens (tertiary/aromatic N) is 2. The van der Waals surface area contributed by atoms with E-state index in [-0.39, 0.29) is 12.5 Å². The standard InChI is InChI=1S/C19H17BrN2O5/c1-26-18(23)19(12-27-17(21-19)14-5-3-2-4-6-14)16(11-22(24)25)13-7-9-15(20)10-8-13/h2-10,16H,11-12H2,1H3/t16-,19+/m1/s1. The molecule has 2 atom stereocenters. The number of hydrogen-bond donors (Lipinski definition) is 0. The number of esters is 1. The first-order valence-electron chi connectivity index (χ1n) is 8.20. The van der Waals surface area contributed by atoms with Gasteiger partial charge in [0.05, 0.1) is 13.0 Å². The van der Waals surface area contributed by atoms with Crippen molar-refractivity contribution in [2.24, 2.45) is 4.99 Å². The van der Waals surface area contributed by atoms with Crippen molar-refractivity contribution < 1.29 is 19.2 Å². The van der Waals surface area contributed by atoms with Crippen molar-refractivity contribution in [2.75, 3.05) is 20.3 Å². The van der Waals surface area contributed by atoms with E-state index in [0.29, 0.717) is 11.1 Å². The van der Waals surface area contributed by atoms with Crippen LogP contribution in [-0.4, -0.2) is 42.6 Å². The molecule has 0 spiro atoms. The van der Waals surface area contributed by atoms with E-state index < -0.39 is 28.9 Å². The van der Waals surface area contributed by atoms with E-state index in [1.165, 1.54) is 7.11 Å². The first-order chi connectivity index (χ1) is 13.0. The Morgan fingerprint density at radius 3 is 2.56 bits per heavy atom. The Hall–Kier alpha value is -2.74. The highest BCUT2D eigenvalue weighted by Crippen LogP contribution is 2.38. The fraction of sp³-hybridized carbons (Fsp3) is 0.263. The molecule has 2 aromatic rings. The van der Waals surface area contributed by atoms with Crippen LogP contribution in [0.2, 0.25) is 0 Å². The van der Waals surface area contributed by atoms with Crippen LogP contribution in [0.3, 0.4) is 0 Å². The van der Waals surface area contributed by atoms with Gasteiger partial charge in [0, 0.05) is 15.0 Å². The van der Waals surface area contributed by atoms with E-state index in [0.717, 1.165) is 4.47 Å². The van der Waals surface area contributed by atoms with Crippen LogP contribution in [0.25, 0.3) is 0 Å². The summed E-state index contributed by atoms with van der Waals surface area (Å²) in [5.41, 5.74) is -0.221. The number of carbonyl (C=O) groups excluding carboxylic acids is 1. The zero-order chi connectivity index (χ0) is 19.4. The van der Waals surface area contributed by atoms with Gasteiger partial charge in [-0.1, -0.05) is 46.3 Å². The van der Waals surface area contributed by atoms with Gasteiger partial charge in [0.2, 0.25) is 18.0 Å². The predicted octanol–water partition coefficient (Wildman–Crippen LogP) is 3.20. The molecular formula is C19H17BrN2O5. The first kappa shape index (κ1) is 19.0. The maximum atomic E-state index is 12.7. The van der Waals surface area contributed by atoms with E-state index in [9.17, 15) is 14.9 Å². The minimum Gasteiger partial charge on any atom is -0.474 e. The molecule has 1 heterocycles. The fourth-order valence-corrected chi connectivity index (χ4v) is 3.40. The molecule has 0 fully saturated rings. The van der Waals surface area contributed by atoms with Crippen molar-refractivity contribution in [1.29, 1.82) is 0 Å². The lowest BCUT2D eigenvalue weighted by atomic mass is 9.80. The molecule has 0 bridgehead atoms. The predicted molar refractivity (Wildman–Crippen MR) is 102 cm³/mol. The van der Waals surface area contributed by atoms with E-state index >= 15 is 0 Å². The van der Waals surface area contributed by atoms with Gasteiger partial charge in [-0.2, -0.15) is 0 Å². The molecule has 2 aromatic carbocycles. The second-order valence-corrected chi connectivity index (χ2v) is 7.02. The third kappa shape index (κ3) is 3.85. The zero-order valence-electron chi connectivity index (χ0n) is 14.5. The number of benzene rings is 2. The molecule has 1 aliphatic rings. The van der Waals surface area contributed by atoms with Gasteiger partial charge in [0.1, 0.15) is 6.61 Å². The van der Waals surface area contributed by atoms with Crippen molar-refractivity contribution >= 4 is 27.8 Å². The largest absolute Gasteiger partial charge is 0.474 e. The van der Waals surface area contributed by atoms with Crippen LogP contribution >= 0.6 is 15.9 Å². The average Bonchev–Trinajstić information content (AvgIpc) is 3.13. The third-order valence-electron chi connectivity index (χ3n) is 4.47. The number of rotatable bonds is 6. The maximum Gasteiger partial charge on any atom is 0.338 e. The Labute approximate surface area is 164 Å². The number of ether oxygens (including phenoxy) is 2. The highest BCUT2D eigenvalue weighted by atomic mass is 79.9. The van der Waals surface area contributed by atoms with Gasteiger partial charge < -0.3 is 9.47 Å². The Morgan fingerprint density at radius 1 is 1.30 bits per heavy atom. The summed E-state index contributed by atoms with van der Waals surface area (Å²) >= 11 is 3.35. The molecule has 1 aliphatic heterocycles. The number of hydrogen-bond acceptors (Lipinski definition) is 6. The van der Waals surface area contributed by atoms with Crippen molar-refractivity contribution in [1.82, 2.24) is 0 Å². The minimum absolute atomic E-state index is 0.127. The van der Waals surface area contributed by atoms with Crippen molar-refractivity contribution in [3.8, 4) is 0 Å². The number of aliphatic imine (C=N–C) groups is 1. The van der Waals surface area contributed by atoms with Gasteiger partial charge in [-0.05, 0) is 29.8 Å². The number of nitro groups is 1. The topological polar surface area (TPSA) is 91.0 Å². The second kappa shape index (κ2) is 7.87. The molecular weight excluding hydrogens is 416 g/mol. The highest BCUT2D eigenvalue weighted by Gasteiger charge is 2.54. The molecule has 8 heteroatoms.